The molecule has 1 aromatic carbocycles. The Bertz CT molecular complexity index is 797. The number of benzene rings is 1. The zero-order valence-corrected chi connectivity index (χ0v) is 12.5. The van der Waals surface area contributed by atoms with Gasteiger partial charge in [0.05, 0.1) is 12.3 Å². The lowest BCUT2D eigenvalue weighted by Gasteiger charge is -2.18. The van der Waals surface area contributed by atoms with Crippen molar-refractivity contribution in [1.29, 1.82) is 0 Å². The number of carbonyl (C=O) groups is 1. The summed E-state index contributed by atoms with van der Waals surface area (Å²) in [6, 6.07) is 7.46. The SMILES string of the molecule is Cc1n[nH]c(=O)c(C(=O)N2CC(CO)c3ccccc32)c1C. The highest BCUT2D eigenvalue weighted by molar-refractivity contribution is 6.08. The number of carbonyl (C=O) groups excluding carboxylic acids is 1. The van der Waals surface area contributed by atoms with Gasteiger partial charge in [-0.25, -0.2) is 5.10 Å². The summed E-state index contributed by atoms with van der Waals surface area (Å²) < 4.78 is 0. The molecular weight excluding hydrogens is 282 g/mol. The molecule has 2 aromatic rings. The van der Waals surface area contributed by atoms with Crippen LogP contribution < -0.4 is 10.5 Å². The Morgan fingerprint density at radius 2 is 2.14 bits per heavy atom. The highest BCUT2D eigenvalue weighted by Crippen LogP contribution is 2.36. The van der Waals surface area contributed by atoms with Crippen molar-refractivity contribution in [2.45, 2.75) is 19.8 Å². The number of hydrogen-bond acceptors (Lipinski definition) is 4. The predicted octanol–water partition coefficient (Wildman–Crippen LogP) is 1.12. The largest absolute Gasteiger partial charge is 0.396 e. The van der Waals surface area contributed by atoms with E-state index in [4.69, 9.17) is 0 Å². The fourth-order valence-electron chi connectivity index (χ4n) is 2.86. The van der Waals surface area contributed by atoms with Crippen LogP contribution in [0.15, 0.2) is 29.1 Å². The van der Waals surface area contributed by atoms with Gasteiger partial charge in [0.25, 0.3) is 11.5 Å². The van der Waals surface area contributed by atoms with E-state index >= 15 is 0 Å². The molecule has 6 nitrogen and oxygen atoms in total. The highest BCUT2D eigenvalue weighted by atomic mass is 16.3. The smallest absolute Gasteiger partial charge is 0.277 e. The van der Waals surface area contributed by atoms with E-state index in [2.05, 4.69) is 10.2 Å². The lowest BCUT2D eigenvalue weighted by molar-refractivity contribution is 0.0984. The average Bonchev–Trinajstić information content (AvgIpc) is 2.90. The Morgan fingerprint density at radius 1 is 1.41 bits per heavy atom. The van der Waals surface area contributed by atoms with Crippen molar-refractivity contribution in [1.82, 2.24) is 10.2 Å². The van der Waals surface area contributed by atoms with Crippen molar-refractivity contribution in [3.05, 3.63) is 57.0 Å². The van der Waals surface area contributed by atoms with Gasteiger partial charge in [0, 0.05) is 18.2 Å². The van der Waals surface area contributed by atoms with Crippen LogP contribution in [0.25, 0.3) is 0 Å². The minimum absolute atomic E-state index is 0.0362. The number of para-hydroxylation sites is 1. The van der Waals surface area contributed by atoms with Crippen molar-refractivity contribution >= 4 is 11.6 Å². The number of aryl methyl sites for hydroxylation is 1. The van der Waals surface area contributed by atoms with Crippen LogP contribution in [0.3, 0.4) is 0 Å². The summed E-state index contributed by atoms with van der Waals surface area (Å²) in [7, 11) is 0. The number of amides is 1. The molecule has 114 valence electrons. The van der Waals surface area contributed by atoms with E-state index in [1.54, 1.807) is 18.7 Å². The lowest BCUT2D eigenvalue weighted by atomic mass is 10.0. The maximum Gasteiger partial charge on any atom is 0.277 e. The van der Waals surface area contributed by atoms with E-state index in [1.807, 2.05) is 24.3 Å². The molecule has 0 radical (unpaired) electrons. The number of H-pyrrole nitrogens is 1. The van der Waals surface area contributed by atoms with Crippen LogP contribution in [0, 0.1) is 13.8 Å². The predicted molar refractivity (Wildman–Crippen MR) is 82.3 cm³/mol. The molecule has 1 aliphatic rings. The van der Waals surface area contributed by atoms with E-state index in [0.717, 1.165) is 11.3 Å². The average molecular weight is 299 g/mol. The summed E-state index contributed by atoms with van der Waals surface area (Å²) >= 11 is 0. The van der Waals surface area contributed by atoms with Gasteiger partial charge in [-0.3, -0.25) is 9.59 Å². The van der Waals surface area contributed by atoms with Crippen molar-refractivity contribution < 1.29 is 9.90 Å². The molecule has 3 rings (SSSR count). The molecule has 0 aliphatic carbocycles. The first-order valence-electron chi connectivity index (χ1n) is 7.12. The number of nitrogens with one attached hydrogen (secondary N) is 1. The third-order valence-corrected chi connectivity index (χ3v) is 4.22. The Morgan fingerprint density at radius 3 is 2.86 bits per heavy atom. The van der Waals surface area contributed by atoms with Crippen LogP contribution in [0.1, 0.15) is 33.1 Å². The molecule has 0 bridgehead atoms. The zero-order chi connectivity index (χ0) is 15.9. The van der Waals surface area contributed by atoms with Gasteiger partial charge in [-0.1, -0.05) is 18.2 Å². The highest BCUT2D eigenvalue weighted by Gasteiger charge is 2.33. The Labute approximate surface area is 127 Å². The Balaban J connectivity index is 2.09. The second-order valence-corrected chi connectivity index (χ2v) is 5.49. The molecule has 1 amide bonds. The molecule has 0 spiro atoms. The van der Waals surface area contributed by atoms with Gasteiger partial charge in [-0.15, -0.1) is 0 Å². The van der Waals surface area contributed by atoms with Crippen molar-refractivity contribution in [3.63, 3.8) is 0 Å². The molecular formula is C16H17N3O3. The van der Waals surface area contributed by atoms with Crippen LogP contribution in [0.5, 0.6) is 0 Å². The van der Waals surface area contributed by atoms with Gasteiger partial charge in [-0.2, -0.15) is 5.10 Å². The van der Waals surface area contributed by atoms with Crippen LogP contribution in [0.4, 0.5) is 5.69 Å². The number of rotatable bonds is 2. The lowest BCUT2D eigenvalue weighted by Crippen LogP contribution is -2.36. The summed E-state index contributed by atoms with van der Waals surface area (Å²) in [6.07, 6.45) is 0. The molecule has 1 atom stereocenters. The van der Waals surface area contributed by atoms with E-state index < -0.39 is 5.56 Å². The second-order valence-electron chi connectivity index (χ2n) is 5.49. The van der Waals surface area contributed by atoms with Crippen LogP contribution in [-0.2, 0) is 0 Å². The quantitative estimate of drug-likeness (QED) is 0.870. The fourth-order valence-corrected chi connectivity index (χ4v) is 2.86. The first kappa shape index (κ1) is 14.5. The van der Waals surface area contributed by atoms with E-state index in [-0.39, 0.29) is 24.0 Å². The number of nitrogens with zero attached hydrogens (tertiary/aromatic N) is 2. The summed E-state index contributed by atoms with van der Waals surface area (Å²) in [6.45, 7) is 3.80. The first-order chi connectivity index (χ1) is 10.5. The van der Waals surface area contributed by atoms with Gasteiger partial charge in [-0.05, 0) is 31.0 Å². The van der Waals surface area contributed by atoms with Crippen molar-refractivity contribution in [2.75, 3.05) is 18.1 Å². The monoisotopic (exact) mass is 299 g/mol. The standard InChI is InChI=1S/C16H17N3O3/c1-9-10(2)17-18-15(21)14(9)16(22)19-7-11(8-20)12-5-3-4-6-13(12)19/h3-6,11,20H,7-8H2,1-2H3,(H,18,21). The number of hydrogen-bond donors (Lipinski definition) is 2. The minimum atomic E-state index is -0.488. The maximum atomic E-state index is 12.9. The number of aliphatic hydroxyl groups is 1. The van der Waals surface area contributed by atoms with Gasteiger partial charge < -0.3 is 10.0 Å². The molecule has 22 heavy (non-hydrogen) atoms. The normalized spacial score (nSPS) is 16.7. The topological polar surface area (TPSA) is 86.3 Å². The number of aromatic amines is 1. The maximum absolute atomic E-state index is 12.9. The minimum Gasteiger partial charge on any atom is -0.396 e. The van der Waals surface area contributed by atoms with Crippen LogP contribution in [0.2, 0.25) is 0 Å². The van der Waals surface area contributed by atoms with Gasteiger partial charge in [0.2, 0.25) is 0 Å². The first-order valence-corrected chi connectivity index (χ1v) is 7.12. The fraction of sp³-hybridized carbons (Fsp3) is 0.312. The van der Waals surface area contributed by atoms with Gasteiger partial charge in [0.1, 0.15) is 5.56 Å². The summed E-state index contributed by atoms with van der Waals surface area (Å²) in [5.41, 5.74) is 2.50. The second kappa shape index (κ2) is 5.38. The third-order valence-electron chi connectivity index (χ3n) is 4.22. The Kier molecular flexibility index (Phi) is 3.54. The molecule has 0 saturated carbocycles. The molecule has 1 aromatic heterocycles. The number of aromatic nitrogens is 2. The van der Waals surface area contributed by atoms with E-state index in [0.29, 0.717) is 17.8 Å². The van der Waals surface area contributed by atoms with Gasteiger partial charge >= 0.3 is 0 Å². The van der Waals surface area contributed by atoms with E-state index in [9.17, 15) is 14.7 Å². The number of aliphatic hydroxyl groups excluding tert-OH is 1. The van der Waals surface area contributed by atoms with Crippen molar-refractivity contribution in [3.8, 4) is 0 Å². The number of fused-ring (bicyclic) bond motifs is 1. The Hall–Kier alpha value is -2.47. The van der Waals surface area contributed by atoms with Crippen LogP contribution in [-0.4, -0.2) is 34.4 Å². The number of anilines is 1. The molecule has 0 saturated heterocycles. The third kappa shape index (κ3) is 2.12. The summed E-state index contributed by atoms with van der Waals surface area (Å²) in [5.74, 6) is -0.477. The van der Waals surface area contributed by atoms with Gasteiger partial charge in [0.15, 0.2) is 0 Å². The molecule has 6 heteroatoms. The molecule has 0 fully saturated rings. The molecule has 1 unspecified atom stereocenters. The summed E-state index contributed by atoms with van der Waals surface area (Å²) in [5, 5.41) is 15.8. The molecule has 2 heterocycles. The molecule has 1 aliphatic heterocycles. The van der Waals surface area contributed by atoms with Crippen molar-refractivity contribution in [2.24, 2.45) is 0 Å². The van der Waals surface area contributed by atoms with Crippen LogP contribution >= 0.6 is 0 Å². The summed E-state index contributed by atoms with van der Waals surface area (Å²) in [4.78, 5) is 26.5. The molecule has 2 N–H and O–H groups in total. The van der Waals surface area contributed by atoms with E-state index in [1.165, 1.54) is 0 Å². The zero-order valence-electron chi connectivity index (χ0n) is 12.5.